The molecule has 5 aliphatic heterocycles. The van der Waals surface area contributed by atoms with Gasteiger partial charge in [-0.3, -0.25) is 0 Å². The largest absolute Gasteiger partial charge is 0.249 e. The first-order valence-electron chi connectivity index (χ1n) is 9.92. The number of aliphatic imine (C=N–C) groups is 4. The van der Waals surface area contributed by atoms with Crippen molar-refractivity contribution in [2.45, 2.75) is 0 Å². The van der Waals surface area contributed by atoms with Crippen LogP contribution in [-0.4, -0.2) is 22.8 Å². The van der Waals surface area contributed by atoms with E-state index in [0.717, 1.165) is 56.8 Å². The predicted molar refractivity (Wildman–Crippen MR) is 129 cm³/mol. The van der Waals surface area contributed by atoms with Crippen LogP contribution in [0.3, 0.4) is 0 Å². The summed E-state index contributed by atoms with van der Waals surface area (Å²) in [7, 11) is 0. The molecule has 31 heavy (non-hydrogen) atoms. The first kappa shape index (κ1) is 17.9. The third kappa shape index (κ3) is 3.47. The fraction of sp³-hybridized carbons (Fsp3) is 0. The van der Waals surface area contributed by atoms with Gasteiger partial charge < -0.3 is 0 Å². The maximum atomic E-state index is 6.50. The lowest BCUT2D eigenvalue weighted by molar-refractivity contribution is 1.41. The standard InChI is InChI=1S/C26H15ClN4/c27-25-4-2-1-3-23(25)24-14-22-13-20-8-7-18(29-20)11-16-5-6-17(28-16)12-19-9-10-21(30-19)15-26(24)31-22/h1-15H. The van der Waals surface area contributed by atoms with E-state index < -0.39 is 0 Å². The molecule has 0 aromatic heterocycles. The van der Waals surface area contributed by atoms with Gasteiger partial charge in [-0.15, -0.1) is 0 Å². The summed E-state index contributed by atoms with van der Waals surface area (Å²) in [5.41, 5.74) is 8.70. The van der Waals surface area contributed by atoms with Gasteiger partial charge >= 0.3 is 0 Å². The second-order valence-electron chi connectivity index (χ2n) is 7.42. The van der Waals surface area contributed by atoms with Gasteiger partial charge in [0, 0.05) is 16.2 Å². The quantitative estimate of drug-likeness (QED) is 0.556. The molecule has 0 unspecified atom stereocenters. The van der Waals surface area contributed by atoms with E-state index in [2.05, 4.69) is 9.98 Å². The number of fused-ring (bicyclic) bond motifs is 4. The molecule has 8 bridgehead atoms. The highest BCUT2D eigenvalue weighted by molar-refractivity contribution is 6.38. The van der Waals surface area contributed by atoms with Crippen molar-refractivity contribution in [2.75, 3.05) is 0 Å². The maximum Gasteiger partial charge on any atom is 0.0738 e. The van der Waals surface area contributed by atoms with Crippen molar-refractivity contribution in [3.05, 3.63) is 124 Å². The molecule has 0 radical (unpaired) electrons. The zero-order valence-electron chi connectivity index (χ0n) is 16.3. The lowest BCUT2D eigenvalue weighted by Crippen LogP contribution is -1.97. The van der Waals surface area contributed by atoms with Crippen molar-refractivity contribution < 1.29 is 0 Å². The molecule has 5 aliphatic rings. The van der Waals surface area contributed by atoms with Crippen LogP contribution in [0.4, 0.5) is 0 Å². The van der Waals surface area contributed by atoms with Gasteiger partial charge in [0.05, 0.1) is 45.6 Å². The van der Waals surface area contributed by atoms with Crippen LogP contribution in [-0.2, 0) is 0 Å². The highest BCUT2D eigenvalue weighted by atomic mass is 35.5. The van der Waals surface area contributed by atoms with Gasteiger partial charge in [-0.2, -0.15) is 0 Å². The minimum Gasteiger partial charge on any atom is -0.249 e. The number of benzene rings is 1. The van der Waals surface area contributed by atoms with Gasteiger partial charge in [0.1, 0.15) is 0 Å². The molecule has 1 aromatic carbocycles. The first-order chi connectivity index (χ1) is 15.2. The molecule has 6 rings (SSSR count). The number of nitrogens with zero attached hydrogens (tertiary/aromatic N) is 4. The van der Waals surface area contributed by atoms with Gasteiger partial charge in [-0.25, -0.2) is 20.0 Å². The Morgan fingerprint density at radius 2 is 1.06 bits per heavy atom. The predicted octanol–water partition coefficient (Wildman–Crippen LogP) is 5.76. The van der Waals surface area contributed by atoms with Crippen LogP contribution in [0.2, 0.25) is 5.02 Å². The molecular formula is C26H15ClN4. The normalized spacial score (nSPS) is 20.5. The van der Waals surface area contributed by atoms with Gasteiger partial charge in [-0.05, 0) is 72.9 Å². The smallest absolute Gasteiger partial charge is 0.0738 e. The summed E-state index contributed by atoms with van der Waals surface area (Å²) in [4.78, 5) is 18.9. The van der Waals surface area contributed by atoms with E-state index in [1.807, 2.05) is 91.1 Å². The molecule has 0 saturated carbocycles. The maximum absolute atomic E-state index is 6.50. The van der Waals surface area contributed by atoms with Crippen LogP contribution in [0.1, 0.15) is 5.56 Å². The van der Waals surface area contributed by atoms with E-state index in [-0.39, 0.29) is 0 Å². The van der Waals surface area contributed by atoms with Crippen LogP contribution in [0.15, 0.2) is 134 Å². The van der Waals surface area contributed by atoms with Crippen LogP contribution in [0.25, 0.3) is 5.57 Å². The molecule has 0 aliphatic carbocycles. The molecule has 0 amide bonds. The highest BCUT2D eigenvalue weighted by Crippen LogP contribution is 2.32. The van der Waals surface area contributed by atoms with Crippen LogP contribution in [0, 0.1) is 0 Å². The molecule has 146 valence electrons. The summed E-state index contributed by atoms with van der Waals surface area (Å²) in [6.07, 6.45) is 21.9. The topological polar surface area (TPSA) is 49.4 Å². The summed E-state index contributed by atoms with van der Waals surface area (Å²) in [5.74, 6) is 0. The second-order valence-corrected chi connectivity index (χ2v) is 7.83. The SMILES string of the molecule is Clc1ccccc1C1=CC2=CC3=NC(=CC4=NC(=CC5=NC(=CC1=N2)C=C5)C=C4)C=C3. The van der Waals surface area contributed by atoms with Gasteiger partial charge in [0.25, 0.3) is 0 Å². The van der Waals surface area contributed by atoms with Gasteiger partial charge in [0.15, 0.2) is 0 Å². The van der Waals surface area contributed by atoms with Crippen molar-refractivity contribution >= 4 is 40.0 Å². The number of hydrogen-bond donors (Lipinski definition) is 0. The minimum absolute atomic E-state index is 0.688. The summed E-state index contributed by atoms with van der Waals surface area (Å²) >= 11 is 6.50. The van der Waals surface area contributed by atoms with Crippen molar-refractivity contribution in [3.63, 3.8) is 0 Å². The Bertz CT molecular complexity index is 1410. The Hall–Kier alpha value is -3.89. The van der Waals surface area contributed by atoms with E-state index in [9.17, 15) is 0 Å². The summed E-state index contributed by atoms with van der Waals surface area (Å²) < 4.78 is 0. The molecule has 5 heteroatoms. The third-order valence-corrected chi connectivity index (χ3v) is 5.53. The Morgan fingerprint density at radius 3 is 1.68 bits per heavy atom. The average Bonchev–Trinajstić information content (AvgIpc) is 3.53. The number of halogens is 1. The van der Waals surface area contributed by atoms with E-state index in [1.165, 1.54) is 0 Å². The average molecular weight is 419 g/mol. The molecular weight excluding hydrogens is 404 g/mol. The van der Waals surface area contributed by atoms with Gasteiger partial charge in [-0.1, -0.05) is 29.8 Å². The molecule has 0 fully saturated rings. The Kier molecular flexibility index (Phi) is 4.11. The Balaban J connectivity index is 1.52. The molecule has 5 heterocycles. The second kappa shape index (κ2) is 7.11. The molecule has 4 nitrogen and oxygen atoms in total. The van der Waals surface area contributed by atoms with E-state index in [0.29, 0.717) is 5.02 Å². The van der Waals surface area contributed by atoms with Gasteiger partial charge in [0.2, 0.25) is 0 Å². The lowest BCUT2D eigenvalue weighted by atomic mass is 10.0. The molecule has 0 saturated heterocycles. The summed E-state index contributed by atoms with van der Waals surface area (Å²) in [5, 5.41) is 0.688. The number of hydrogen-bond acceptors (Lipinski definition) is 4. The van der Waals surface area contributed by atoms with Crippen molar-refractivity contribution in [3.8, 4) is 0 Å². The lowest BCUT2D eigenvalue weighted by Gasteiger charge is -2.06. The van der Waals surface area contributed by atoms with Crippen LogP contribution >= 0.6 is 11.6 Å². The monoisotopic (exact) mass is 418 g/mol. The van der Waals surface area contributed by atoms with E-state index in [1.54, 1.807) is 0 Å². The van der Waals surface area contributed by atoms with Crippen molar-refractivity contribution in [1.82, 2.24) is 0 Å². The molecule has 0 N–H and O–H groups in total. The Labute approximate surface area is 184 Å². The fourth-order valence-electron chi connectivity index (χ4n) is 3.79. The van der Waals surface area contributed by atoms with Crippen LogP contribution in [0.5, 0.6) is 0 Å². The van der Waals surface area contributed by atoms with E-state index >= 15 is 0 Å². The summed E-state index contributed by atoms with van der Waals surface area (Å²) in [6, 6.07) is 7.80. The number of allylic oxidation sites excluding steroid dienone is 12. The number of rotatable bonds is 1. The highest BCUT2D eigenvalue weighted by Gasteiger charge is 2.19. The third-order valence-electron chi connectivity index (χ3n) is 5.20. The zero-order valence-corrected chi connectivity index (χ0v) is 17.1. The van der Waals surface area contributed by atoms with Crippen molar-refractivity contribution in [2.24, 2.45) is 20.0 Å². The zero-order chi connectivity index (χ0) is 20.8. The Morgan fingerprint density at radius 1 is 0.516 bits per heavy atom. The molecule has 0 spiro atoms. The molecule has 1 aromatic rings. The van der Waals surface area contributed by atoms with Crippen LogP contribution < -0.4 is 0 Å². The molecule has 0 atom stereocenters. The fourth-order valence-corrected chi connectivity index (χ4v) is 4.03. The minimum atomic E-state index is 0.688. The first-order valence-corrected chi connectivity index (χ1v) is 10.3. The summed E-state index contributed by atoms with van der Waals surface area (Å²) in [6.45, 7) is 0. The van der Waals surface area contributed by atoms with E-state index in [4.69, 9.17) is 21.6 Å². The van der Waals surface area contributed by atoms with Crippen molar-refractivity contribution in [1.29, 1.82) is 0 Å².